The number of fused-ring (bicyclic) bond motifs is 1. The first kappa shape index (κ1) is 16.1. The average Bonchev–Trinajstić information content (AvgIpc) is 2.62. The van der Waals surface area contributed by atoms with E-state index >= 15 is 0 Å². The van der Waals surface area contributed by atoms with Crippen LogP contribution in [0.1, 0.15) is 15.9 Å². The second-order valence-corrected chi connectivity index (χ2v) is 5.21. The molecule has 0 radical (unpaired) electrons. The number of hydrazone groups is 1. The molecule has 0 saturated heterocycles. The molecule has 1 N–H and O–H groups in total. The molecule has 3 aromatic rings. The smallest absolute Gasteiger partial charge is 0.271 e. The van der Waals surface area contributed by atoms with Gasteiger partial charge in [-0.25, -0.2) is 5.43 Å². The van der Waals surface area contributed by atoms with Gasteiger partial charge in [0, 0.05) is 17.7 Å². The lowest BCUT2D eigenvalue weighted by Crippen LogP contribution is -2.18. The molecule has 3 rings (SSSR count). The van der Waals surface area contributed by atoms with Crippen LogP contribution in [0.3, 0.4) is 0 Å². The molecule has 0 saturated carbocycles. The molecule has 3 aromatic carbocycles. The molecule has 0 aromatic heterocycles. The number of benzene rings is 3. The van der Waals surface area contributed by atoms with Crippen molar-refractivity contribution >= 4 is 28.6 Å². The summed E-state index contributed by atoms with van der Waals surface area (Å²) in [4.78, 5) is 22.4. The predicted octanol–water partition coefficient (Wildman–Crippen LogP) is 2.59. The predicted molar refractivity (Wildman–Crippen MR) is 91.6 cm³/mol. The summed E-state index contributed by atoms with van der Waals surface area (Å²) in [7, 11) is 0. The summed E-state index contributed by atoms with van der Waals surface area (Å²) in [6.07, 6.45) is 1.10. The molecule has 1 amide bonds. The molecule has 0 unspecified atom stereocenters. The standard InChI is InChI=1S/C18H13N3O4/c22-17-9-8-14(21(24)25)10-13(17)11-19-20-18(23)16-7-3-5-12-4-1-2-6-15(12)16/h1-11,22H,(H,20,23)/p-1/b19-11-. The monoisotopic (exact) mass is 334 g/mol. The molecule has 0 fully saturated rings. The van der Waals surface area contributed by atoms with E-state index in [0.717, 1.165) is 35.2 Å². The number of carbonyl (C=O) groups is 1. The summed E-state index contributed by atoms with van der Waals surface area (Å²) in [6, 6.07) is 16.1. The number of carbonyl (C=O) groups excluding carboxylic acids is 1. The van der Waals surface area contributed by atoms with Crippen LogP contribution in [0.25, 0.3) is 10.8 Å². The zero-order valence-electron chi connectivity index (χ0n) is 12.9. The van der Waals surface area contributed by atoms with Gasteiger partial charge in [0.1, 0.15) is 0 Å². The lowest BCUT2D eigenvalue weighted by molar-refractivity contribution is -0.385. The zero-order valence-corrected chi connectivity index (χ0v) is 12.9. The molecule has 7 nitrogen and oxygen atoms in total. The Morgan fingerprint density at radius 2 is 1.84 bits per heavy atom. The van der Waals surface area contributed by atoms with E-state index in [-0.39, 0.29) is 11.3 Å². The van der Waals surface area contributed by atoms with Gasteiger partial charge in [-0.05, 0) is 22.4 Å². The number of rotatable bonds is 4. The fraction of sp³-hybridized carbons (Fsp3) is 0. The number of nitrogens with one attached hydrogen (secondary N) is 1. The highest BCUT2D eigenvalue weighted by Gasteiger charge is 2.09. The molecule has 0 atom stereocenters. The highest BCUT2D eigenvalue weighted by Crippen LogP contribution is 2.20. The van der Waals surface area contributed by atoms with Crippen LogP contribution >= 0.6 is 0 Å². The van der Waals surface area contributed by atoms with E-state index in [2.05, 4.69) is 10.5 Å². The van der Waals surface area contributed by atoms with Crippen LogP contribution in [0.15, 0.2) is 65.8 Å². The summed E-state index contributed by atoms with van der Waals surface area (Å²) < 4.78 is 0. The van der Waals surface area contributed by atoms with E-state index in [1.807, 2.05) is 30.3 Å². The topological polar surface area (TPSA) is 108 Å². The molecule has 7 heteroatoms. The summed E-state index contributed by atoms with van der Waals surface area (Å²) in [5.74, 6) is -0.861. The van der Waals surface area contributed by atoms with Gasteiger partial charge in [-0.2, -0.15) is 5.10 Å². The van der Waals surface area contributed by atoms with E-state index in [9.17, 15) is 20.0 Å². The van der Waals surface area contributed by atoms with Crippen molar-refractivity contribution in [3.63, 3.8) is 0 Å². The van der Waals surface area contributed by atoms with Gasteiger partial charge in [0.05, 0.1) is 11.1 Å². The third-order valence-electron chi connectivity index (χ3n) is 3.61. The van der Waals surface area contributed by atoms with Gasteiger partial charge in [-0.15, -0.1) is 0 Å². The van der Waals surface area contributed by atoms with Gasteiger partial charge < -0.3 is 5.11 Å². The zero-order chi connectivity index (χ0) is 17.8. The number of hydrogen-bond acceptors (Lipinski definition) is 5. The first-order chi connectivity index (χ1) is 12.1. The molecule has 0 aliphatic heterocycles. The van der Waals surface area contributed by atoms with Gasteiger partial charge in [-0.3, -0.25) is 14.9 Å². The highest BCUT2D eigenvalue weighted by atomic mass is 16.6. The van der Waals surface area contributed by atoms with E-state index in [1.165, 1.54) is 0 Å². The number of nitro groups is 1. The maximum absolute atomic E-state index is 12.3. The molecule has 0 aliphatic rings. The number of hydrogen-bond donors (Lipinski definition) is 1. The molecule has 124 valence electrons. The minimum atomic E-state index is -0.606. The second kappa shape index (κ2) is 6.79. The van der Waals surface area contributed by atoms with Crippen molar-refractivity contribution in [1.29, 1.82) is 0 Å². The Balaban J connectivity index is 1.81. The van der Waals surface area contributed by atoms with Gasteiger partial charge in [-0.1, -0.05) is 48.2 Å². The van der Waals surface area contributed by atoms with Crippen molar-refractivity contribution in [1.82, 2.24) is 5.43 Å². The summed E-state index contributed by atoms with van der Waals surface area (Å²) in [5, 5.41) is 27.9. The van der Waals surface area contributed by atoms with Gasteiger partial charge in [0.15, 0.2) is 0 Å². The van der Waals surface area contributed by atoms with Gasteiger partial charge in [0.2, 0.25) is 0 Å². The third-order valence-corrected chi connectivity index (χ3v) is 3.61. The number of non-ortho nitro benzene ring substituents is 1. The quantitative estimate of drug-likeness (QED) is 0.449. The maximum atomic E-state index is 12.3. The third kappa shape index (κ3) is 3.45. The number of nitro benzene ring substituents is 1. The van der Waals surface area contributed by atoms with E-state index in [0.29, 0.717) is 5.56 Å². The Bertz CT molecular complexity index is 993. The van der Waals surface area contributed by atoms with Crippen molar-refractivity contribution in [2.75, 3.05) is 0 Å². The minimum absolute atomic E-state index is 0.0208. The first-order valence-corrected chi connectivity index (χ1v) is 7.33. The van der Waals surface area contributed by atoms with Crippen LogP contribution in [0.5, 0.6) is 5.75 Å². The highest BCUT2D eigenvalue weighted by molar-refractivity contribution is 6.07. The van der Waals surface area contributed by atoms with Crippen LogP contribution in [0.2, 0.25) is 0 Å². The Labute approximate surface area is 142 Å². The molecule has 0 spiro atoms. The van der Waals surface area contributed by atoms with Crippen molar-refractivity contribution in [2.45, 2.75) is 0 Å². The Morgan fingerprint density at radius 1 is 1.08 bits per heavy atom. The van der Waals surface area contributed by atoms with E-state index < -0.39 is 16.6 Å². The Morgan fingerprint density at radius 3 is 2.64 bits per heavy atom. The summed E-state index contributed by atoms with van der Waals surface area (Å²) in [5.41, 5.74) is 2.58. The first-order valence-electron chi connectivity index (χ1n) is 7.33. The minimum Gasteiger partial charge on any atom is -0.872 e. The molecule has 25 heavy (non-hydrogen) atoms. The van der Waals surface area contributed by atoms with Crippen LogP contribution in [0.4, 0.5) is 5.69 Å². The molecule has 0 aliphatic carbocycles. The van der Waals surface area contributed by atoms with Gasteiger partial charge >= 0.3 is 0 Å². The average molecular weight is 334 g/mol. The van der Waals surface area contributed by atoms with Crippen molar-refractivity contribution in [3.05, 3.63) is 81.9 Å². The maximum Gasteiger partial charge on any atom is 0.271 e. The largest absolute Gasteiger partial charge is 0.872 e. The normalized spacial score (nSPS) is 10.9. The van der Waals surface area contributed by atoms with Crippen LogP contribution < -0.4 is 10.5 Å². The fourth-order valence-corrected chi connectivity index (χ4v) is 2.39. The lowest BCUT2D eigenvalue weighted by atomic mass is 10.0. The number of nitrogens with zero attached hydrogens (tertiary/aromatic N) is 2. The van der Waals surface area contributed by atoms with Crippen LogP contribution in [-0.2, 0) is 0 Å². The van der Waals surface area contributed by atoms with Crippen molar-refractivity contribution < 1.29 is 14.8 Å². The SMILES string of the molecule is O=C(N/N=C\c1cc([N+](=O)[O-])ccc1[O-])c1cccc2ccccc12. The molecular weight excluding hydrogens is 322 g/mol. The second-order valence-electron chi connectivity index (χ2n) is 5.21. The van der Waals surface area contributed by atoms with Crippen molar-refractivity contribution in [3.8, 4) is 5.75 Å². The fourth-order valence-electron chi connectivity index (χ4n) is 2.39. The van der Waals surface area contributed by atoms with Crippen molar-refractivity contribution in [2.24, 2.45) is 5.10 Å². The molecule has 0 bridgehead atoms. The Kier molecular flexibility index (Phi) is 4.38. The van der Waals surface area contributed by atoms with E-state index in [4.69, 9.17) is 0 Å². The molecule has 0 heterocycles. The van der Waals surface area contributed by atoms with Crippen LogP contribution in [-0.4, -0.2) is 17.0 Å². The van der Waals surface area contributed by atoms with Crippen LogP contribution in [0, 0.1) is 10.1 Å². The summed E-state index contributed by atoms with van der Waals surface area (Å²) >= 11 is 0. The molecular formula is C18H12N3O4-. The number of amides is 1. The Hall–Kier alpha value is -3.74. The lowest BCUT2D eigenvalue weighted by Gasteiger charge is -2.09. The van der Waals surface area contributed by atoms with E-state index in [1.54, 1.807) is 12.1 Å². The van der Waals surface area contributed by atoms with Gasteiger partial charge in [0.25, 0.3) is 11.6 Å². The summed E-state index contributed by atoms with van der Waals surface area (Å²) in [6.45, 7) is 0.